The zero-order chi connectivity index (χ0) is 14.0. The molecule has 0 saturated carbocycles. The highest BCUT2D eigenvalue weighted by molar-refractivity contribution is 8.14. The minimum atomic E-state index is -0.391. The van der Waals surface area contributed by atoms with Crippen molar-refractivity contribution in [3.05, 3.63) is 34.6 Å². The summed E-state index contributed by atoms with van der Waals surface area (Å²) in [5, 5.41) is 4.64. The van der Waals surface area contributed by atoms with E-state index in [4.69, 9.17) is 16.3 Å². The van der Waals surface area contributed by atoms with E-state index in [1.807, 2.05) is 0 Å². The highest BCUT2D eigenvalue weighted by atomic mass is 35.5. The molecule has 2 fully saturated rings. The summed E-state index contributed by atoms with van der Waals surface area (Å²) in [5.41, 5.74) is 1.07. The van der Waals surface area contributed by atoms with Gasteiger partial charge in [-0.05, 0) is 30.5 Å². The summed E-state index contributed by atoms with van der Waals surface area (Å²) in [7, 11) is 0. The lowest BCUT2D eigenvalue weighted by atomic mass is 9.93. The van der Waals surface area contributed by atoms with Gasteiger partial charge < -0.3 is 10.1 Å². The van der Waals surface area contributed by atoms with Gasteiger partial charge in [-0.2, -0.15) is 0 Å². The minimum Gasteiger partial charge on any atom is -0.381 e. The molecule has 1 spiro atoms. The summed E-state index contributed by atoms with van der Waals surface area (Å²) >= 11 is 7.52. The Morgan fingerprint density at radius 3 is 2.95 bits per heavy atom. The number of amidine groups is 1. The van der Waals surface area contributed by atoms with E-state index >= 15 is 0 Å². The van der Waals surface area contributed by atoms with Crippen LogP contribution in [0.4, 0.5) is 4.39 Å². The number of hydrogen-bond donors (Lipinski definition) is 1. The van der Waals surface area contributed by atoms with E-state index < -0.39 is 5.82 Å². The molecule has 1 aromatic carbocycles. The van der Waals surface area contributed by atoms with Crippen LogP contribution < -0.4 is 5.32 Å². The van der Waals surface area contributed by atoms with Crippen LogP contribution >= 0.6 is 23.4 Å². The van der Waals surface area contributed by atoms with Crippen molar-refractivity contribution < 1.29 is 9.13 Å². The highest BCUT2D eigenvalue weighted by Gasteiger charge is 2.38. The number of rotatable bonds is 2. The number of nitrogens with one attached hydrogen (secondary N) is 1. The second-order valence-corrected chi connectivity index (χ2v) is 6.55. The van der Waals surface area contributed by atoms with Crippen LogP contribution in [0.1, 0.15) is 18.4 Å². The Hall–Kier alpha value is -0.780. The highest BCUT2D eigenvalue weighted by Crippen LogP contribution is 2.32. The first-order valence-electron chi connectivity index (χ1n) is 6.64. The molecule has 2 heterocycles. The maximum absolute atomic E-state index is 13.1. The van der Waals surface area contributed by atoms with Crippen molar-refractivity contribution in [2.45, 2.75) is 24.9 Å². The fourth-order valence-corrected chi connectivity index (χ4v) is 3.84. The Bertz CT molecular complexity index is 532. The average molecular weight is 315 g/mol. The third-order valence-corrected chi connectivity index (χ3v) is 5.19. The molecule has 3 rings (SSSR count). The molecule has 2 aliphatic heterocycles. The zero-order valence-corrected chi connectivity index (χ0v) is 12.6. The Labute approximate surface area is 126 Å². The van der Waals surface area contributed by atoms with Gasteiger partial charge in [0.1, 0.15) is 5.82 Å². The molecule has 6 heteroatoms. The topological polar surface area (TPSA) is 33.6 Å². The molecule has 3 nitrogen and oxygen atoms in total. The molecule has 2 saturated heterocycles. The Morgan fingerprint density at radius 1 is 1.40 bits per heavy atom. The predicted octanol–water partition coefficient (Wildman–Crippen LogP) is 3.22. The molecular weight excluding hydrogens is 299 g/mol. The van der Waals surface area contributed by atoms with Crippen molar-refractivity contribution in [2.24, 2.45) is 4.99 Å². The largest absolute Gasteiger partial charge is 0.381 e. The van der Waals surface area contributed by atoms with Crippen LogP contribution in [0.3, 0.4) is 0 Å². The molecule has 1 aromatic rings. The maximum Gasteiger partial charge on any atom is 0.157 e. The third kappa shape index (κ3) is 3.10. The molecule has 0 unspecified atom stereocenters. The van der Waals surface area contributed by atoms with Crippen LogP contribution in [-0.4, -0.2) is 29.7 Å². The molecule has 0 aliphatic carbocycles. The van der Waals surface area contributed by atoms with Gasteiger partial charge in [-0.15, -0.1) is 0 Å². The first-order chi connectivity index (χ1) is 9.67. The lowest BCUT2D eigenvalue weighted by Gasteiger charge is -2.32. The molecule has 0 radical (unpaired) electrons. The fraction of sp³-hybridized carbons (Fsp3) is 0.500. The summed E-state index contributed by atoms with van der Waals surface area (Å²) in [4.78, 5) is 4.56. The minimum absolute atomic E-state index is 0.149. The smallest absolute Gasteiger partial charge is 0.157 e. The zero-order valence-electron chi connectivity index (χ0n) is 11.0. The molecule has 2 aliphatic rings. The van der Waals surface area contributed by atoms with E-state index in [1.54, 1.807) is 23.9 Å². The quantitative estimate of drug-likeness (QED) is 0.910. The summed E-state index contributed by atoms with van der Waals surface area (Å²) < 4.78 is 18.5. The Balaban J connectivity index is 1.63. The molecule has 20 heavy (non-hydrogen) atoms. The number of benzene rings is 1. The van der Waals surface area contributed by atoms with E-state index in [-0.39, 0.29) is 10.6 Å². The SMILES string of the molecule is Fc1ccc(CN=C2NC3(CCOCC3)CS2)cc1Cl. The molecule has 0 aromatic heterocycles. The van der Waals surface area contributed by atoms with Gasteiger partial charge >= 0.3 is 0 Å². The van der Waals surface area contributed by atoms with E-state index in [1.165, 1.54) is 6.07 Å². The number of nitrogens with zero attached hydrogens (tertiary/aromatic N) is 1. The average Bonchev–Trinajstić information content (AvgIpc) is 2.84. The van der Waals surface area contributed by atoms with Crippen molar-refractivity contribution in [1.29, 1.82) is 0 Å². The molecule has 108 valence electrons. The maximum atomic E-state index is 13.1. The van der Waals surface area contributed by atoms with E-state index in [0.717, 1.165) is 42.5 Å². The van der Waals surface area contributed by atoms with Gasteiger partial charge in [-0.3, -0.25) is 4.99 Å². The van der Waals surface area contributed by atoms with E-state index in [2.05, 4.69) is 10.3 Å². The molecule has 1 N–H and O–H groups in total. The summed E-state index contributed by atoms with van der Waals surface area (Å²) in [6, 6.07) is 4.73. The van der Waals surface area contributed by atoms with Gasteiger partial charge in [0.2, 0.25) is 0 Å². The molecular formula is C14H16ClFN2OS. The summed E-state index contributed by atoms with van der Waals surface area (Å²) in [5.74, 6) is 0.650. The van der Waals surface area contributed by atoms with Crippen LogP contribution in [0.2, 0.25) is 5.02 Å². The number of thioether (sulfide) groups is 1. The number of hydrogen-bond acceptors (Lipinski definition) is 3. The second kappa shape index (κ2) is 5.92. The summed E-state index contributed by atoms with van der Waals surface area (Å²) in [6.07, 6.45) is 2.06. The van der Waals surface area contributed by atoms with Gasteiger partial charge in [0.25, 0.3) is 0 Å². The van der Waals surface area contributed by atoms with Crippen LogP contribution in [0.5, 0.6) is 0 Å². The first kappa shape index (κ1) is 14.2. The summed E-state index contributed by atoms with van der Waals surface area (Å²) in [6.45, 7) is 2.14. The van der Waals surface area contributed by atoms with Crippen molar-refractivity contribution in [3.8, 4) is 0 Å². The van der Waals surface area contributed by atoms with E-state index in [0.29, 0.717) is 6.54 Å². The number of halogens is 2. The standard InChI is InChI=1S/C14H16ClFN2OS/c15-11-7-10(1-2-12(11)16)8-17-13-18-14(9-20-13)3-5-19-6-4-14/h1-2,7H,3-6,8-9H2,(H,17,18). The third-order valence-electron chi connectivity index (χ3n) is 3.70. The van der Waals surface area contributed by atoms with Crippen LogP contribution in [0.15, 0.2) is 23.2 Å². The van der Waals surface area contributed by atoms with Crippen molar-refractivity contribution in [2.75, 3.05) is 19.0 Å². The second-order valence-electron chi connectivity index (χ2n) is 5.18. The van der Waals surface area contributed by atoms with Crippen molar-refractivity contribution in [1.82, 2.24) is 5.32 Å². The van der Waals surface area contributed by atoms with Crippen LogP contribution in [-0.2, 0) is 11.3 Å². The lowest BCUT2D eigenvalue weighted by Crippen LogP contribution is -2.48. The van der Waals surface area contributed by atoms with Gasteiger partial charge in [0.15, 0.2) is 5.17 Å². The van der Waals surface area contributed by atoms with Gasteiger partial charge in [-0.1, -0.05) is 29.4 Å². The van der Waals surface area contributed by atoms with Gasteiger partial charge in [-0.25, -0.2) is 4.39 Å². The van der Waals surface area contributed by atoms with Crippen molar-refractivity contribution >= 4 is 28.5 Å². The van der Waals surface area contributed by atoms with Gasteiger partial charge in [0, 0.05) is 19.0 Å². The number of ether oxygens (including phenoxy) is 1. The van der Waals surface area contributed by atoms with Crippen molar-refractivity contribution in [3.63, 3.8) is 0 Å². The number of aliphatic imine (C=N–C) groups is 1. The monoisotopic (exact) mass is 314 g/mol. The molecule has 0 bridgehead atoms. The molecule has 0 amide bonds. The van der Waals surface area contributed by atoms with Crippen LogP contribution in [0, 0.1) is 5.82 Å². The molecule has 0 atom stereocenters. The Kier molecular flexibility index (Phi) is 4.19. The Morgan fingerprint density at radius 2 is 2.20 bits per heavy atom. The van der Waals surface area contributed by atoms with Crippen LogP contribution in [0.25, 0.3) is 0 Å². The fourth-order valence-electron chi connectivity index (χ4n) is 2.42. The first-order valence-corrected chi connectivity index (χ1v) is 8.00. The predicted molar refractivity (Wildman–Crippen MR) is 80.9 cm³/mol. The van der Waals surface area contributed by atoms with E-state index in [9.17, 15) is 4.39 Å². The lowest BCUT2D eigenvalue weighted by molar-refractivity contribution is 0.0555. The normalized spacial score (nSPS) is 23.2. The van der Waals surface area contributed by atoms with Gasteiger partial charge in [0.05, 0.1) is 17.1 Å².